The van der Waals surface area contributed by atoms with E-state index in [-0.39, 0.29) is 0 Å². The molecule has 1 aliphatic rings. The fourth-order valence-electron chi connectivity index (χ4n) is 2.73. The van der Waals surface area contributed by atoms with E-state index in [4.69, 9.17) is 0 Å². The van der Waals surface area contributed by atoms with Crippen LogP contribution >= 0.6 is 0 Å². The second-order valence-electron chi connectivity index (χ2n) is 5.82. The Balaban J connectivity index is 1.39. The van der Waals surface area contributed by atoms with Crippen molar-refractivity contribution in [2.45, 2.75) is 19.3 Å². The molecule has 2 aromatic carbocycles. The molecule has 0 saturated heterocycles. The summed E-state index contributed by atoms with van der Waals surface area (Å²) in [7, 11) is 0. The quantitative estimate of drug-likeness (QED) is 0.621. The first-order valence-corrected chi connectivity index (χ1v) is 7.87. The Morgan fingerprint density at radius 1 is 0.810 bits per heavy atom. The van der Waals surface area contributed by atoms with Crippen molar-refractivity contribution in [2.75, 3.05) is 0 Å². The van der Waals surface area contributed by atoms with Crippen molar-refractivity contribution in [3.05, 3.63) is 83.9 Å². The molecule has 0 bridgehead atoms. The molecule has 0 aliphatic heterocycles. The van der Waals surface area contributed by atoms with Crippen molar-refractivity contribution in [1.29, 1.82) is 0 Å². The summed E-state index contributed by atoms with van der Waals surface area (Å²) >= 11 is 0. The maximum atomic E-state index is 2.39. The Hall–Kier alpha value is -2.08. The molecule has 2 atom stereocenters. The van der Waals surface area contributed by atoms with Gasteiger partial charge in [0.05, 0.1) is 0 Å². The average Bonchev–Trinajstić information content (AvgIpc) is 3.30. The highest BCUT2D eigenvalue weighted by molar-refractivity contribution is 5.50. The standard InChI is InChI=1S/C21H22/c1-3-9-18(10-4-1)13-7-8-14-20-17-21(20)16-15-19-11-5-2-6-12-19/h1-7,9-13,15-16,20-21H,8,14,17H2/b13-7+,16-15+. The minimum atomic E-state index is 0.801. The third kappa shape index (κ3) is 4.46. The van der Waals surface area contributed by atoms with Crippen LogP contribution in [0.1, 0.15) is 30.4 Å². The summed E-state index contributed by atoms with van der Waals surface area (Å²) in [5, 5.41) is 0. The maximum Gasteiger partial charge on any atom is -0.0199 e. The molecule has 0 heteroatoms. The molecular weight excluding hydrogens is 252 g/mol. The molecule has 2 unspecified atom stereocenters. The second-order valence-corrected chi connectivity index (χ2v) is 5.82. The molecule has 1 saturated carbocycles. The summed E-state index contributed by atoms with van der Waals surface area (Å²) in [5.74, 6) is 1.70. The first kappa shape index (κ1) is 13.9. The van der Waals surface area contributed by atoms with Gasteiger partial charge in [0.15, 0.2) is 0 Å². The fraction of sp³-hybridized carbons (Fsp3) is 0.238. The van der Waals surface area contributed by atoms with Crippen molar-refractivity contribution in [3.8, 4) is 0 Å². The number of rotatable bonds is 6. The van der Waals surface area contributed by atoms with Crippen LogP contribution in [0.5, 0.6) is 0 Å². The molecular formula is C21H22. The van der Waals surface area contributed by atoms with E-state index in [0.29, 0.717) is 0 Å². The van der Waals surface area contributed by atoms with E-state index in [1.165, 1.54) is 30.4 Å². The zero-order valence-electron chi connectivity index (χ0n) is 12.4. The van der Waals surface area contributed by atoms with Gasteiger partial charge in [-0.05, 0) is 42.2 Å². The van der Waals surface area contributed by atoms with Gasteiger partial charge in [0.1, 0.15) is 0 Å². The molecule has 1 aliphatic carbocycles. The van der Waals surface area contributed by atoms with Gasteiger partial charge in [0.25, 0.3) is 0 Å². The highest BCUT2D eigenvalue weighted by Crippen LogP contribution is 2.43. The minimum absolute atomic E-state index is 0.801. The lowest BCUT2D eigenvalue weighted by atomic mass is 10.1. The summed E-state index contributed by atoms with van der Waals surface area (Å²) in [6.07, 6.45) is 13.1. The third-order valence-corrected chi connectivity index (χ3v) is 4.13. The van der Waals surface area contributed by atoms with Crippen LogP contribution < -0.4 is 0 Å². The van der Waals surface area contributed by atoms with Crippen LogP contribution in [0.3, 0.4) is 0 Å². The van der Waals surface area contributed by atoms with E-state index in [2.05, 4.69) is 85.0 Å². The molecule has 0 amide bonds. The normalized spacial score (nSPS) is 21.1. The summed E-state index contributed by atoms with van der Waals surface area (Å²) in [5.41, 5.74) is 2.61. The summed E-state index contributed by atoms with van der Waals surface area (Å²) in [6, 6.07) is 21.1. The molecule has 0 spiro atoms. The molecule has 106 valence electrons. The lowest BCUT2D eigenvalue weighted by Gasteiger charge is -1.95. The Morgan fingerprint density at radius 2 is 1.43 bits per heavy atom. The Kier molecular flexibility index (Phi) is 4.68. The Morgan fingerprint density at radius 3 is 2.10 bits per heavy atom. The van der Waals surface area contributed by atoms with Crippen LogP contribution in [0.4, 0.5) is 0 Å². The van der Waals surface area contributed by atoms with Crippen LogP contribution in [0.15, 0.2) is 72.8 Å². The van der Waals surface area contributed by atoms with E-state index in [0.717, 1.165) is 11.8 Å². The maximum absolute atomic E-state index is 2.39. The molecule has 21 heavy (non-hydrogen) atoms. The lowest BCUT2D eigenvalue weighted by molar-refractivity contribution is 0.709. The van der Waals surface area contributed by atoms with Crippen LogP contribution in [0, 0.1) is 11.8 Å². The van der Waals surface area contributed by atoms with E-state index in [1.807, 2.05) is 0 Å². The highest BCUT2D eigenvalue weighted by Gasteiger charge is 2.33. The minimum Gasteiger partial charge on any atom is -0.0839 e. The van der Waals surface area contributed by atoms with Gasteiger partial charge in [-0.15, -0.1) is 0 Å². The largest absolute Gasteiger partial charge is 0.0839 e. The van der Waals surface area contributed by atoms with E-state index < -0.39 is 0 Å². The van der Waals surface area contributed by atoms with Gasteiger partial charge in [0.2, 0.25) is 0 Å². The van der Waals surface area contributed by atoms with E-state index in [9.17, 15) is 0 Å². The Bertz CT molecular complexity index is 592. The van der Waals surface area contributed by atoms with Crippen LogP contribution in [0.25, 0.3) is 12.2 Å². The van der Waals surface area contributed by atoms with Gasteiger partial charge in [-0.1, -0.05) is 85.0 Å². The smallest absolute Gasteiger partial charge is 0.0199 e. The number of allylic oxidation sites excluding steroid dienone is 2. The summed E-state index contributed by atoms with van der Waals surface area (Å²) in [6.45, 7) is 0. The molecule has 0 nitrogen and oxygen atoms in total. The van der Waals surface area contributed by atoms with Crippen molar-refractivity contribution in [3.63, 3.8) is 0 Å². The molecule has 0 radical (unpaired) electrons. The van der Waals surface area contributed by atoms with Gasteiger partial charge in [-0.2, -0.15) is 0 Å². The van der Waals surface area contributed by atoms with Crippen molar-refractivity contribution >= 4 is 12.2 Å². The molecule has 0 aromatic heterocycles. The van der Waals surface area contributed by atoms with Gasteiger partial charge in [-0.3, -0.25) is 0 Å². The molecule has 0 N–H and O–H groups in total. The first-order valence-electron chi connectivity index (χ1n) is 7.87. The predicted molar refractivity (Wildman–Crippen MR) is 91.8 cm³/mol. The monoisotopic (exact) mass is 274 g/mol. The van der Waals surface area contributed by atoms with Gasteiger partial charge in [0, 0.05) is 0 Å². The van der Waals surface area contributed by atoms with Crippen molar-refractivity contribution in [1.82, 2.24) is 0 Å². The first-order chi connectivity index (χ1) is 10.4. The van der Waals surface area contributed by atoms with Gasteiger partial charge < -0.3 is 0 Å². The topological polar surface area (TPSA) is 0 Å². The average molecular weight is 274 g/mol. The zero-order chi connectivity index (χ0) is 14.3. The van der Waals surface area contributed by atoms with E-state index >= 15 is 0 Å². The molecule has 1 fully saturated rings. The van der Waals surface area contributed by atoms with Gasteiger partial charge in [-0.25, -0.2) is 0 Å². The molecule has 2 aromatic rings. The Labute approximate surface area is 127 Å². The van der Waals surface area contributed by atoms with Crippen LogP contribution in [-0.2, 0) is 0 Å². The van der Waals surface area contributed by atoms with Crippen LogP contribution in [0.2, 0.25) is 0 Å². The second kappa shape index (κ2) is 7.08. The highest BCUT2D eigenvalue weighted by atomic mass is 14.4. The summed E-state index contributed by atoms with van der Waals surface area (Å²) in [4.78, 5) is 0. The van der Waals surface area contributed by atoms with Gasteiger partial charge >= 0.3 is 0 Å². The summed E-state index contributed by atoms with van der Waals surface area (Å²) < 4.78 is 0. The molecule has 0 heterocycles. The number of hydrogen-bond acceptors (Lipinski definition) is 0. The zero-order valence-corrected chi connectivity index (χ0v) is 12.4. The lowest BCUT2D eigenvalue weighted by Crippen LogP contribution is -1.79. The van der Waals surface area contributed by atoms with E-state index in [1.54, 1.807) is 0 Å². The SMILES string of the molecule is C(=C\c1ccccc1)/CCC1CC1/C=C/c1ccccc1. The fourth-order valence-corrected chi connectivity index (χ4v) is 2.73. The number of benzene rings is 2. The molecule has 3 rings (SSSR count). The van der Waals surface area contributed by atoms with Crippen molar-refractivity contribution in [2.24, 2.45) is 11.8 Å². The van der Waals surface area contributed by atoms with Crippen molar-refractivity contribution < 1.29 is 0 Å². The number of hydrogen-bond donors (Lipinski definition) is 0. The van der Waals surface area contributed by atoms with Crippen LogP contribution in [-0.4, -0.2) is 0 Å². The third-order valence-electron chi connectivity index (χ3n) is 4.13. The predicted octanol–water partition coefficient (Wildman–Crippen LogP) is 5.83.